The Kier molecular flexibility index (Phi) is 11.8. The van der Waals surface area contributed by atoms with Crippen molar-refractivity contribution in [3.63, 3.8) is 0 Å². The van der Waals surface area contributed by atoms with Crippen LogP contribution in [0.4, 0.5) is 22.7 Å². The van der Waals surface area contributed by atoms with Gasteiger partial charge in [-0.2, -0.15) is 12.1 Å². The van der Waals surface area contributed by atoms with Gasteiger partial charge < -0.3 is 19.1 Å². The van der Waals surface area contributed by atoms with E-state index in [2.05, 4.69) is 226 Å². The molecule has 3 heterocycles. The van der Waals surface area contributed by atoms with Crippen LogP contribution in [0.25, 0.3) is 38.8 Å². The molecule has 0 fully saturated rings. The Morgan fingerprint density at radius 1 is 0.538 bits per heavy atom. The Balaban J connectivity index is 0.00000576. The first kappa shape index (κ1) is 45.9. The van der Waals surface area contributed by atoms with Crippen LogP contribution < -0.4 is 14.5 Å². The predicted octanol–water partition coefficient (Wildman–Crippen LogP) is 16.1. The standard InChI is InChI=1S/C59H61N4O.Pt/c1-38-28-55(60-36-50(38)39-18-16-19-40(29-39)56(2,3)4)63-51-23-15-14-22-48(51)49-26-25-47(35-53(49)63)64-46-21-17-20-44(34-46)61-37-62(54-33-41(57(5,6)7)24-27-52(54)61)45-31-42(58(8,9)10)30-43(32-45)59(11,12)13;/h14-33,36-37H,1-13H3;/q-3;. The van der Waals surface area contributed by atoms with E-state index in [-0.39, 0.29) is 42.7 Å². The number of pyridine rings is 1. The summed E-state index contributed by atoms with van der Waals surface area (Å²) in [6.07, 6.45) is 2.01. The fraction of sp³-hybridized carbons (Fsp3) is 0.288. The minimum Gasteiger partial charge on any atom is -0.509 e. The molecule has 0 amide bonds. The van der Waals surface area contributed by atoms with E-state index < -0.39 is 0 Å². The van der Waals surface area contributed by atoms with Crippen molar-refractivity contribution in [2.75, 3.05) is 9.80 Å². The minimum atomic E-state index is -0.0158. The number of benzene rings is 6. The van der Waals surface area contributed by atoms with Gasteiger partial charge in [-0.1, -0.05) is 143 Å². The predicted molar refractivity (Wildman–Crippen MR) is 269 cm³/mol. The molecule has 0 saturated heterocycles. The van der Waals surface area contributed by atoms with Gasteiger partial charge in [-0.15, -0.1) is 48.1 Å². The molecule has 2 aromatic heterocycles. The maximum absolute atomic E-state index is 6.68. The molecule has 336 valence electrons. The molecule has 0 radical (unpaired) electrons. The molecule has 0 aliphatic carbocycles. The van der Waals surface area contributed by atoms with Crippen LogP contribution in [0.2, 0.25) is 0 Å². The summed E-state index contributed by atoms with van der Waals surface area (Å²) < 4.78 is 8.89. The van der Waals surface area contributed by atoms with E-state index in [1.54, 1.807) is 0 Å². The monoisotopic (exact) mass is 1040 g/mol. The Morgan fingerprint density at radius 3 is 1.86 bits per heavy atom. The Labute approximate surface area is 401 Å². The number of rotatable bonds is 6. The number of hydrogen-bond acceptors (Lipinski definition) is 4. The summed E-state index contributed by atoms with van der Waals surface area (Å²) in [6.45, 7) is 31.7. The van der Waals surface area contributed by atoms with E-state index in [0.29, 0.717) is 11.5 Å². The van der Waals surface area contributed by atoms with Gasteiger partial charge in [0.25, 0.3) is 0 Å². The molecule has 1 aliphatic rings. The van der Waals surface area contributed by atoms with Crippen LogP contribution in [-0.2, 0) is 42.7 Å². The number of anilines is 4. The number of aryl methyl sites for hydroxylation is 1. The average molecular weight is 1040 g/mol. The number of fused-ring (bicyclic) bond motifs is 4. The van der Waals surface area contributed by atoms with Crippen molar-refractivity contribution in [2.24, 2.45) is 0 Å². The van der Waals surface area contributed by atoms with Crippen LogP contribution >= 0.6 is 0 Å². The van der Waals surface area contributed by atoms with Gasteiger partial charge in [0.2, 0.25) is 0 Å². The molecule has 65 heavy (non-hydrogen) atoms. The second-order valence-corrected chi connectivity index (χ2v) is 21.7. The number of para-hydroxylation sites is 1. The van der Waals surface area contributed by atoms with Crippen molar-refractivity contribution < 1.29 is 25.8 Å². The normalized spacial score (nSPS) is 13.4. The van der Waals surface area contributed by atoms with Crippen molar-refractivity contribution in [2.45, 2.75) is 112 Å². The molecule has 9 rings (SSSR count). The minimum absolute atomic E-state index is 0. The number of aromatic nitrogens is 2. The maximum Gasteiger partial charge on any atom is 0.135 e. The molecule has 1 aliphatic heterocycles. The topological polar surface area (TPSA) is 33.5 Å². The SMILES string of the molecule is Cc1cc(-n2c3[c-]c(Oc4[c-]c(N5[CH-]N(c6cc(C(C)(C)C)cc(C(C)(C)C)c6)c6cc(C(C)(C)C)ccc65)ccc4)ccc3c3ccccc32)ncc1-c1cccc(C(C)(C)C)c1.[Pt]. The maximum atomic E-state index is 6.68. The molecular weight excluding hydrogens is 976 g/mol. The second kappa shape index (κ2) is 16.7. The molecule has 6 aromatic carbocycles. The van der Waals surface area contributed by atoms with Crippen LogP contribution in [0, 0.1) is 25.7 Å². The first-order valence-electron chi connectivity index (χ1n) is 22.6. The number of ether oxygens (including phenoxy) is 1. The van der Waals surface area contributed by atoms with Crippen molar-refractivity contribution in [3.8, 4) is 28.4 Å². The fourth-order valence-corrected chi connectivity index (χ4v) is 8.69. The molecular formula is C59H61N4OPt-3. The van der Waals surface area contributed by atoms with Crippen molar-refractivity contribution >= 4 is 44.6 Å². The first-order valence-corrected chi connectivity index (χ1v) is 22.6. The van der Waals surface area contributed by atoms with Gasteiger partial charge in [0.1, 0.15) is 5.82 Å². The third-order valence-corrected chi connectivity index (χ3v) is 12.7. The summed E-state index contributed by atoms with van der Waals surface area (Å²) in [4.78, 5) is 9.68. The molecule has 0 unspecified atom stereocenters. The third-order valence-electron chi connectivity index (χ3n) is 12.7. The van der Waals surface area contributed by atoms with Crippen LogP contribution in [0.15, 0.2) is 128 Å². The van der Waals surface area contributed by atoms with Gasteiger partial charge in [-0.3, -0.25) is 0 Å². The Bertz CT molecular complexity index is 3040. The Morgan fingerprint density at radius 2 is 1.18 bits per heavy atom. The van der Waals surface area contributed by atoms with E-state index in [9.17, 15) is 0 Å². The van der Waals surface area contributed by atoms with E-state index >= 15 is 0 Å². The second-order valence-electron chi connectivity index (χ2n) is 21.7. The quantitative estimate of drug-likeness (QED) is 0.155. The smallest absolute Gasteiger partial charge is 0.135 e. The molecule has 0 bridgehead atoms. The summed E-state index contributed by atoms with van der Waals surface area (Å²) in [5.41, 5.74) is 14.9. The molecule has 0 spiro atoms. The Hall–Kier alpha value is -5.64. The van der Waals surface area contributed by atoms with Crippen molar-refractivity contribution in [1.29, 1.82) is 0 Å². The number of hydrogen-bond donors (Lipinski definition) is 0. The molecule has 5 nitrogen and oxygen atoms in total. The van der Waals surface area contributed by atoms with Gasteiger partial charge >= 0.3 is 0 Å². The van der Waals surface area contributed by atoms with Gasteiger partial charge in [0.15, 0.2) is 0 Å². The zero-order chi connectivity index (χ0) is 45.5. The van der Waals surface area contributed by atoms with Gasteiger partial charge in [0, 0.05) is 66.9 Å². The van der Waals surface area contributed by atoms with Crippen LogP contribution in [0.1, 0.15) is 111 Å². The summed E-state index contributed by atoms with van der Waals surface area (Å²) in [6, 6.07) is 51.0. The van der Waals surface area contributed by atoms with E-state index in [1.807, 2.05) is 24.4 Å². The zero-order valence-corrected chi connectivity index (χ0v) is 42.5. The van der Waals surface area contributed by atoms with Crippen LogP contribution in [-0.4, -0.2) is 9.55 Å². The summed E-state index contributed by atoms with van der Waals surface area (Å²) in [5.74, 6) is 2.05. The van der Waals surface area contributed by atoms with E-state index in [4.69, 9.17) is 9.72 Å². The molecule has 0 atom stereocenters. The van der Waals surface area contributed by atoms with Crippen molar-refractivity contribution in [3.05, 3.63) is 174 Å². The molecule has 6 heteroatoms. The summed E-state index contributed by atoms with van der Waals surface area (Å²) >= 11 is 0. The largest absolute Gasteiger partial charge is 0.509 e. The van der Waals surface area contributed by atoms with Crippen molar-refractivity contribution in [1.82, 2.24) is 9.55 Å². The van der Waals surface area contributed by atoms with Crippen LogP contribution in [0.5, 0.6) is 11.5 Å². The third kappa shape index (κ3) is 8.89. The van der Waals surface area contributed by atoms with Gasteiger partial charge in [-0.05, 0) is 104 Å². The molecule has 8 aromatic rings. The zero-order valence-electron chi connectivity index (χ0n) is 40.2. The average Bonchev–Trinajstić information content (AvgIpc) is 3.78. The number of nitrogens with zero attached hydrogens (tertiary/aromatic N) is 4. The van der Waals surface area contributed by atoms with E-state index in [0.717, 1.165) is 61.5 Å². The van der Waals surface area contributed by atoms with E-state index in [1.165, 1.54) is 27.8 Å². The van der Waals surface area contributed by atoms with Gasteiger partial charge in [-0.25, -0.2) is 4.98 Å². The molecule has 0 N–H and O–H groups in total. The fourth-order valence-electron chi connectivity index (χ4n) is 8.69. The summed E-state index contributed by atoms with van der Waals surface area (Å²) in [7, 11) is 0. The molecule has 0 saturated carbocycles. The van der Waals surface area contributed by atoms with Gasteiger partial charge in [0.05, 0.1) is 0 Å². The summed E-state index contributed by atoms with van der Waals surface area (Å²) in [5, 5.41) is 2.23. The first-order chi connectivity index (χ1) is 30.1. The van der Waals surface area contributed by atoms with Crippen LogP contribution in [0.3, 0.4) is 0 Å².